The molecule has 0 aliphatic carbocycles. The van der Waals surface area contributed by atoms with Gasteiger partial charge in [0.25, 0.3) is 5.91 Å². The Balaban J connectivity index is 2.30. The van der Waals surface area contributed by atoms with Gasteiger partial charge in [0.05, 0.1) is 18.8 Å². The first-order chi connectivity index (χ1) is 55.1. The lowest BCUT2D eigenvalue weighted by Gasteiger charge is -2.50. The second-order valence-corrected chi connectivity index (χ2v) is 31.0. The first kappa shape index (κ1) is 103. The summed E-state index contributed by atoms with van der Waals surface area (Å²) < 4.78 is 109. The molecule has 0 bridgehead atoms. The van der Waals surface area contributed by atoms with Gasteiger partial charge in [-0.25, -0.2) is 0 Å². The zero-order valence-electron chi connectivity index (χ0n) is 72.0. The third-order valence-corrected chi connectivity index (χ3v) is 19.8. The number of unbranched alkanes of at least 4 members (excludes halogenated alkanes) is 27. The van der Waals surface area contributed by atoms with Gasteiger partial charge in [-0.05, 0) is 38.5 Å². The molecule has 3 aliphatic heterocycles. The van der Waals surface area contributed by atoms with Crippen LogP contribution in [0.4, 0.5) is 0 Å². The highest BCUT2D eigenvalue weighted by Crippen LogP contribution is 2.39. The normalized spacial score (nSPS) is 24.2. The van der Waals surface area contributed by atoms with E-state index in [1.165, 1.54) is 96.8 Å². The number of rotatable bonds is 58. The van der Waals surface area contributed by atoms with Crippen LogP contribution in [0.2, 0.25) is 0 Å². The van der Waals surface area contributed by atoms with E-state index in [1.54, 1.807) is 0 Å². The molecule has 666 valence electrons. The van der Waals surface area contributed by atoms with Crippen LogP contribution in [0.3, 0.4) is 0 Å². The molecule has 0 saturated carbocycles. The van der Waals surface area contributed by atoms with Crippen LogP contribution < -0.4 is 5.32 Å². The van der Waals surface area contributed by atoms with E-state index in [4.69, 9.17) is 85.3 Å². The van der Waals surface area contributed by atoms with Crippen molar-refractivity contribution in [1.82, 2.24) is 5.32 Å². The van der Waals surface area contributed by atoms with E-state index in [9.17, 15) is 57.5 Å². The van der Waals surface area contributed by atoms with Crippen molar-refractivity contribution in [1.29, 1.82) is 0 Å². The number of hydrogen-bond acceptors (Lipinski definition) is 31. The van der Waals surface area contributed by atoms with Crippen molar-refractivity contribution in [3.63, 3.8) is 0 Å². The van der Waals surface area contributed by atoms with Gasteiger partial charge in [-0.1, -0.05) is 201 Å². The van der Waals surface area contributed by atoms with Gasteiger partial charge in [0.1, 0.15) is 43.7 Å². The maximum Gasteiger partial charge on any atom is 0.303 e. The Morgan fingerprint density at radius 1 is 0.319 bits per heavy atom. The van der Waals surface area contributed by atoms with Crippen molar-refractivity contribution in [2.45, 2.75) is 433 Å². The predicted molar refractivity (Wildman–Crippen MR) is 416 cm³/mol. The molecule has 116 heavy (non-hydrogen) atoms. The Morgan fingerprint density at radius 2 is 0.647 bits per heavy atom. The van der Waals surface area contributed by atoms with Gasteiger partial charge in [0.15, 0.2) is 73.8 Å². The van der Waals surface area contributed by atoms with E-state index in [2.05, 4.69) is 26.1 Å². The molecule has 19 atom stereocenters. The van der Waals surface area contributed by atoms with Crippen LogP contribution in [0, 0.1) is 5.92 Å². The van der Waals surface area contributed by atoms with Crippen LogP contribution in [0.25, 0.3) is 0 Å². The number of carbonyl (C=O) groups excluding carboxylic acids is 13. The molecule has 0 aromatic rings. The maximum atomic E-state index is 15.1. The zero-order chi connectivity index (χ0) is 86.2. The summed E-state index contributed by atoms with van der Waals surface area (Å²) in [4.78, 5) is 173. The maximum absolute atomic E-state index is 15.1. The molecule has 3 rings (SSSR count). The molecule has 0 aromatic heterocycles. The number of amides is 1. The van der Waals surface area contributed by atoms with Crippen molar-refractivity contribution in [3.05, 3.63) is 0 Å². The highest BCUT2D eigenvalue weighted by molar-refractivity contribution is 5.83. The van der Waals surface area contributed by atoms with Crippen molar-refractivity contribution >= 4 is 77.5 Å². The third-order valence-electron chi connectivity index (χ3n) is 19.8. The molecule has 0 spiro atoms. The van der Waals surface area contributed by atoms with Crippen LogP contribution in [-0.2, 0) is 148 Å². The van der Waals surface area contributed by atoms with Crippen LogP contribution in [0.1, 0.15) is 316 Å². The third kappa shape index (κ3) is 42.5. The van der Waals surface area contributed by atoms with E-state index in [-0.39, 0.29) is 12.8 Å². The number of ether oxygens (including phenoxy) is 18. The lowest BCUT2D eigenvalue weighted by atomic mass is 9.95. The fourth-order valence-electron chi connectivity index (χ4n) is 14.6. The van der Waals surface area contributed by atoms with Crippen molar-refractivity contribution < 1.29 is 148 Å². The number of carbonyl (C=O) groups is 13. The molecule has 32 heteroatoms. The molecule has 3 heterocycles. The Kier molecular flexibility index (Phi) is 51.4. The molecular formula is C84H139NO31. The van der Waals surface area contributed by atoms with Gasteiger partial charge < -0.3 is 90.6 Å². The Bertz CT molecular complexity index is 2960. The predicted octanol–water partition coefficient (Wildman–Crippen LogP) is 12.1. The van der Waals surface area contributed by atoms with Gasteiger partial charge in [-0.2, -0.15) is 0 Å². The van der Waals surface area contributed by atoms with Crippen LogP contribution in [0.5, 0.6) is 0 Å². The Labute approximate surface area is 686 Å². The summed E-state index contributed by atoms with van der Waals surface area (Å²) in [5.41, 5.74) is 0. The summed E-state index contributed by atoms with van der Waals surface area (Å²) in [6.45, 7) is 17.9. The summed E-state index contributed by atoms with van der Waals surface area (Å²) >= 11 is 0. The van der Waals surface area contributed by atoms with E-state index in [0.29, 0.717) is 31.6 Å². The standard InChI is InChI=1S/C84H139NO31/c1-17-18-19-20-21-22-23-24-25-26-27-28-29-30-31-32-35-39-42-45-48-68(104-57(8)89)81(98)85-66(72(106-59(10)91)67(103-56(7)88)47-44-41-38-36-33-34-37-40-43-46-52(2)3)49-101-82-78(110-63(14)95)77(116-83-79(111-64(15)96)75(108-61(12)93)71(53(4)102-83)105-58(9)90)74(70(113-82)51-100-55(6)87)115-84-80(112-65(16)97)76(109-62(13)94)73(107-60(11)92)69(114-84)50-99-54(5)86/h52-53,66-80,82-84H,17-51H2,1-16H3,(H,85,98)/t53-,66-,67+,68+,69+,70+,71+,72-,73-,74+,75+,76-,77-,78+,79-,80+,82+,83-,84-/m0/s1. The minimum absolute atomic E-state index is 0.0374. The van der Waals surface area contributed by atoms with Gasteiger partial charge in [-0.15, -0.1) is 0 Å². The first-order valence-electron chi connectivity index (χ1n) is 42.3. The van der Waals surface area contributed by atoms with Crippen LogP contribution in [0.15, 0.2) is 0 Å². The molecule has 3 aliphatic rings. The molecule has 3 fully saturated rings. The van der Waals surface area contributed by atoms with Crippen molar-refractivity contribution in [3.8, 4) is 0 Å². The monoisotopic (exact) mass is 1660 g/mol. The van der Waals surface area contributed by atoms with Crippen molar-refractivity contribution in [2.24, 2.45) is 5.92 Å². The van der Waals surface area contributed by atoms with Gasteiger partial charge >= 0.3 is 71.6 Å². The number of hydrogen-bond donors (Lipinski definition) is 1. The summed E-state index contributed by atoms with van der Waals surface area (Å²) in [7, 11) is 0. The smallest absolute Gasteiger partial charge is 0.303 e. The minimum atomic E-state index is -2.14. The molecular weight excluding hydrogens is 1520 g/mol. The lowest BCUT2D eigenvalue weighted by molar-refractivity contribution is -0.386. The summed E-state index contributed by atoms with van der Waals surface area (Å²) in [5, 5.41) is 2.87. The van der Waals surface area contributed by atoms with Crippen LogP contribution >= 0.6 is 0 Å². The molecule has 3 saturated heterocycles. The van der Waals surface area contributed by atoms with E-state index >= 15 is 4.79 Å². The molecule has 1 amide bonds. The Hall–Kier alpha value is -7.13. The summed E-state index contributed by atoms with van der Waals surface area (Å²) in [6.07, 6.45) is -0.157. The van der Waals surface area contributed by atoms with Gasteiger partial charge in [-0.3, -0.25) is 62.3 Å². The molecule has 32 nitrogen and oxygen atoms in total. The van der Waals surface area contributed by atoms with Crippen LogP contribution in [-0.4, -0.2) is 214 Å². The summed E-state index contributed by atoms with van der Waals surface area (Å²) in [5.74, 6) is -11.7. The molecule has 0 radical (unpaired) electrons. The minimum Gasteiger partial charge on any atom is -0.463 e. The van der Waals surface area contributed by atoms with Crippen molar-refractivity contribution in [2.75, 3.05) is 19.8 Å². The van der Waals surface area contributed by atoms with E-state index in [1.807, 2.05) is 0 Å². The van der Waals surface area contributed by atoms with E-state index in [0.717, 1.165) is 160 Å². The Morgan fingerprint density at radius 3 is 1.04 bits per heavy atom. The number of esters is 12. The number of nitrogens with one attached hydrogen (secondary N) is 1. The SMILES string of the molecule is CCCCCCCCCCCCCCCCCCCCCC[C@@H](OC(C)=O)C(=O)N[C@@H](CO[C@@H]1O[C@H](COC(C)=O)[C@@H](O[C@@H]2O[C@H](COC(C)=O)[C@H](OC(C)=O)[C@H](OC(C)=O)[C@H]2OC(C)=O)[C@H](O[C@@H]2O[C@@H](C)[C@@H](OC(C)=O)[C@@H](OC(C)=O)[C@@H]2OC(C)=O)[C@H]1OC(C)=O)[C@H](OC(C)=O)[C@@H](CCCCCCCCCCCC(C)C)OC(C)=O. The second-order valence-electron chi connectivity index (χ2n) is 31.0. The molecule has 0 aromatic carbocycles. The first-order valence-corrected chi connectivity index (χ1v) is 42.3. The largest absolute Gasteiger partial charge is 0.463 e. The highest BCUT2D eigenvalue weighted by Gasteiger charge is 2.60. The molecule has 1 N–H and O–H groups in total. The fraction of sp³-hybridized carbons (Fsp3) is 0.845. The van der Waals surface area contributed by atoms with Gasteiger partial charge in [0.2, 0.25) is 0 Å². The average molecular weight is 1660 g/mol. The second kappa shape index (κ2) is 57.9. The van der Waals surface area contributed by atoms with E-state index < -0.39 is 214 Å². The molecule has 0 unspecified atom stereocenters. The lowest BCUT2D eigenvalue weighted by Crippen LogP contribution is -2.69. The van der Waals surface area contributed by atoms with Gasteiger partial charge in [0, 0.05) is 83.1 Å². The highest BCUT2D eigenvalue weighted by atomic mass is 16.8. The quantitative estimate of drug-likeness (QED) is 0.0336. The topological polar surface area (TPSA) is 400 Å². The summed E-state index contributed by atoms with van der Waals surface area (Å²) in [6, 6.07) is -1.63. The average Bonchev–Trinajstić information content (AvgIpc) is 0.758. The zero-order valence-corrected chi connectivity index (χ0v) is 72.0. The fourth-order valence-corrected chi connectivity index (χ4v) is 14.6.